The Morgan fingerprint density at radius 2 is 1.75 bits per heavy atom. The van der Waals surface area contributed by atoms with E-state index in [4.69, 9.17) is 9.47 Å². The molecule has 280 valence electrons. The molecule has 2 aliphatic heterocycles. The van der Waals surface area contributed by atoms with E-state index in [1.807, 2.05) is 35.8 Å². The van der Waals surface area contributed by atoms with Crippen LogP contribution >= 0.6 is 0 Å². The summed E-state index contributed by atoms with van der Waals surface area (Å²) < 4.78 is 41.4. The Balaban J connectivity index is 1.30. The Kier molecular flexibility index (Phi) is 10.1. The SMILES string of the molecule is CCn1c(O[C@@H]2C[C@H]3C(=O)N[C@]4(C(=O)NS(=O)(=O)C5(C)CC5)C[C@@H]4CCCCCCC[C@H](NC(=O)OC(C)(C)C)C(=O)N3C2)nc2ccccc21. The van der Waals surface area contributed by atoms with Gasteiger partial charge in [0.05, 0.1) is 22.3 Å². The summed E-state index contributed by atoms with van der Waals surface area (Å²) in [5.74, 6) is -2.00. The van der Waals surface area contributed by atoms with Crippen molar-refractivity contribution in [3.8, 4) is 6.01 Å². The van der Waals surface area contributed by atoms with Gasteiger partial charge in [0.2, 0.25) is 21.8 Å². The lowest BCUT2D eigenvalue weighted by atomic mass is 10.0. The molecular weight excluding hydrogens is 676 g/mol. The lowest BCUT2D eigenvalue weighted by Gasteiger charge is -2.30. The van der Waals surface area contributed by atoms with Crippen molar-refractivity contribution in [2.45, 2.75) is 146 Å². The Morgan fingerprint density at radius 3 is 2.43 bits per heavy atom. The van der Waals surface area contributed by atoms with Crippen molar-refractivity contribution in [2.75, 3.05) is 6.54 Å². The van der Waals surface area contributed by atoms with Gasteiger partial charge < -0.3 is 25.0 Å². The molecule has 1 aromatic carbocycles. The first-order valence-electron chi connectivity index (χ1n) is 18.4. The smallest absolute Gasteiger partial charge is 0.408 e. The molecule has 0 unspecified atom stereocenters. The first kappa shape index (κ1) is 36.9. The lowest BCUT2D eigenvalue weighted by Crippen LogP contribution is -2.58. The van der Waals surface area contributed by atoms with Crippen molar-refractivity contribution in [1.82, 2.24) is 29.8 Å². The molecule has 15 heteroatoms. The number of alkyl carbamates (subject to hydrolysis) is 1. The number of aromatic nitrogens is 2. The Morgan fingerprint density at radius 1 is 1.06 bits per heavy atom. The minimum Gasteiger partial charge on any atom is -0.459 e. The minimum absolute atomic E-state index is 0.0334. The number of rotatable bonds is 7. The molecule has 3 heterocycles. The zero-order valence-corrected chi connectivity index (χ0v) is 31.1. The summed E-state index contributed by atoms with van der Waals surface area (Å²) in [4.78, 5) is 61.6. The Bertz CT molecular complexity index is 1780. The van der Waals surface area contributed by atoms with E-state index in [2.05, 4.69) is 20.3 Å². The van der Waals surface area contributed by atoms with Gasteiger partial charge in [-0.1, -0.05) is 44.2 Å². The van der Waals surface area contributed by atoms with Gasteiger partial charge in [-0.15, -0.1) is 0 Å². The molecule has 51 heavy (non-hydrogen) atoms. The number of aryl methyl sites for hydroxylation is 1. The molecule has 14 nitrogen and oxygen atoms in total. The highest BCUT2D eigenvalue weighted by molar-refractivity contribution is 7.91. The van der Waals surface area contributed by atoms with Gasteiger partial charge in [-0.2, -0.15) is 4.98 Å². The Hall–Kier alpha value is -3.88. The van der Waals surface area contributed by atoms with Crippen LogP contribution in [0, 0.1) is 5.92 Å². The summed E-state index contributed by atoms with van der Waals surface area (Å²) >= 11 is 0. The minimum atomic E-state index is -3.95. The summed E-state index contributed by atoms with van der Waals surface area (Å²) in [6, 6.07) is 5.98. The van der Waals surface area contributed by atoms with Gasteiger partial charge in [0.15, 0.2) is 0 Å². The van der Waals surface area contributed by atoms with Gasteiger partial charge in [-0.3, -0.25) is 23.7 Å². The van der Waals surface area contributed by atoms with E-state index in [9.17, 15) is 27.6 Å². The van der Waals surface area contributed by atoms with E-state index in [0.717, 1.165) is 36.7 Å². The topological polar surface area (TPSA) is 178 Å². The third-order valence-electron chi connectivity index (χ3n) is 10.8. The highest BCUT2D eigenvalue weighted by Gasteiger charge is 2.63. The van der Waals surface area contributed by atoms with Crippen LogP contribution in [-0.4, -0.2) is 87.3 Å². The van der Waals surface area contributed by atoms with Crippen LogP contribution in [0.4, 0.5) is 4.79 Å². The van der Waals surface area contributed by atoms with E-state index in [-0.39, 0.29) is 18.9 Å². The summed E-state index contributed by atoms with van der Waals surface area (Å²) in [5, 5.41) is 5.70. The summed E-state index contributed by atoms with van der Waals surface area (Å²) in [7, 11) is -3.95. The number of fused-ring (bicyclic) bond motifs is 3. The molecular formula is C36H52N6O8S. The monoisotopic (exact) mass is 728 g/mol. The zero-order valence-electron chi connectivity index (χ0n) is 30.3. The average molecular weight is 729 g/mol. The van der Waals surface area contributed by atoms with Crippen molar-refractivity contribution in [3.05, 3.63) is 24.3 Å². The van der Waals surface area contributed by atoms with Crippen LogP contribution < -0.4 is 20.1 Å². The number of sulfonamides is 1. The number of carbonyl (C=O) groups is 4. The van der Waals surface area contributed by atoms with Crippen molar-refractivity contribution >= 4 is 44.9 Å². The molecule has 2 aliphatic carbocycles. The molecule has 0 spiro atoms. The van der Waals surface area contributed by atoms with Crippen molar-refractivity contribution in [3.63, 3.8) is 0 Å². The molecule has 2 aromatic rings. The summed E-state index contributed by atoms with van der Waals surface area (Å²) in [5.41, 5.74) is -0.554. The van der Waals surface area contributed by atoms with E-state index in [1.165, 1.54) is 4.90 Å². The van der Waals surface area contributed by atoms with E-state index < -0.39 is 67.9 Å². The van der Waals surface area contributed by atoms with Gasteiger partial charge in [-0.25, -0.2) is 13.2 Å². The molecule has 4 aliphatic rings. The number of para-hydroxylation sites is 2. The first-order valence-corrected chi connectivity index (χ1v) is 19.8. The number of carbonyl (C=O) groups excluding carboxylic acids is 4. The third kappa shape index (κ3) is 7.82. The van der Waals surface area contributed by atoms with E-state index in [0.29, 0.717) is 51.1 Å². The molecule has 1 aromatic heterocycles. The first-order chi connectivity index (χ1) is 24.1. The highest BCUT2D eigenvalue weighted by Crippen LogP contribution is 2.49. The van der Waals surface area contributed by atoms with Crippen LogP contribution in [-0.2, 0) is 35.7 Å². The predicted molar refractivity (Wildman–Crippen MR) is 189 cm³/mol. The standard InChI is InChI=1S/C36H52N6O8S/c1-6-41-27-17-13-12-15-25(27)37-32(41)49-24-20-28-29(43)39-36(31(45)40-51(47,48)35(5)18-19-35)21-23(36)14-10-8-7-9-11-16-26(30(44)42(28)22-24)38-33(46)50-34(2,3)4/h12-13,15,17,23-24,26,28H,6-11,14,16,18-22H2,1-5H3,(H,38,46)(H,39,43)(H,40,45)/t23-,24+,26-,28-,36+/m0/s1. The zero-order chi connectivity index (χ0) is 36.8. The molecule has 5 atom stereocenters. The maximum atomic E-state index is 14.4. The van der Waals surface area contributed by atoms with Crippen LogP contribution in [0.5, 0.6) is 6.01 Å². The van der Waals surface area contributed by atoms with Gasteiger partial charge in [-0.05, 0) is 84.8 Å². The number of nitrogens with zero attached hydrogens (tertiary/aromatic N) is 3. The molecule has 2 saturated heterocycles. The molecule has 4 amide bonds. The van der Waals surface area contributed by atoms with Crippen LogP contribution in [0.3, 0.4) is 0 Å². The number of benzene rings is 1. The quantitative estimate of drug-likeness (QED) is 0.381. The summed E-state index contributed by atoms with van der Waals surface area (Å²) in [6.45, 7) is 9.42. The summed E-state index contributed by atoms with van der Waals surface area (Å²) in [6.07, 6.45) is 5.04. The van der Waals surface area contributed by atoms with Crippen LogP contribution in [0.25, 0.3) is 11.0 Å². The fourth-order valence-corrected chi connectivity index (χ4v) is 8.71. The fourth-order valence-electron chi connectivity index (χ4n) is 7.40. The van der Waals surface area contributed by atoms with Crippen LogP contribution in [0.2, 0.25) is 0 Å². The number of hydrogen-bond acceptors (Lipinski definition) is 9. The van der Waals surface area contributed by atoms with Gasteiger partial charge >= 0.3 is 6.09 Å². The number of imidazole rings is 1. The largest absolute Gasteiger partial charge is 0.459 e. The molecule has 6 rings (SSSR count). The van der Waals surface area contributed by atoms with Crippen molar-refractivity contribution in [2.24, 2.45) is 5.92 Å². The number of ether oxygens (including phenoxy) is 2. The maximum absolute atomic E-state index is 14.4. The second-order valence-corrected chi connectivity index (χ2v) is 18.1. The normalized spacial score (nSPS) is 28.4. The molecule has 0 radical (unpaired) electrons. The van der Waals surface area contributed by atoms with Gasteiger partial charge in [0.1, 0.15) is 29.3 Å². The van der Waals surface area contributed by atoms with E-state index in [1.54, 1.807) is 27.7 Å². The second kappa shape index (κ2) is 13.9. The second-order valence-electron chi connectivity index (χ2n) is 15.9. The van der Waals surface area contributed by atoms with Crippen molar-refractivity contribution in [1.29, 1.82) is 0 Å². The van der Waals surface area contributed by atoms with Crippen molar-refractivity contribution < 1.29 is 37.1 Å². The molecule has 2 saturated carbocycles. The predicted octanol–water partition coefficient (Wildman–Crippen LogP) is 3.92. The highest BCUT2D eigenvalue weighted by atomic mass is 32.2. The molecule has 0 bridgehead atoms. The van der Waals surface area contributed by atoms with Gasteiger partial charge in [0, 0.05) is 13.0 Å². The average Bonchev–Trinajstić information content (AvgIpc) is 3.88. The number of amides is 4. The maximum Gasteiger partial charge on any atom is 0.408 e. The van der Waals surface area contributed by atoms with Gasteiger partial charge in [0.25, 0.3) is 11.9 Å². The third-order valence-corrected chi connectivity index (χ3v) is 12.9. The lowest BCUT2D eigenvalue weighted by molar-refractivity contribution is -0.141. The fraction of sp³-hybridized carbons (Fsp3) is 0.694. The van der Waals surface area contributed by atoms with Crippen LogP contribution in [0.1, 0.15) is 105 Å². The number of nitrogens with one attached hydrogen (secondary N) is 3. The van der Waals surface area contributed by atoms with Crippen LogP contribution in [0.15, 0.2) is 24.3 Å². The number of hydrogen-bond donors (Lipinski definition) is 3. The van der Waals surface area contributed by atoms with E-state index >= 15 is 0 Å². The molecule has 3 N–H and O–H groups in total. The Labute approximate surface area is 299 Å². The molecule has 4 fully saturated rings.